The maximum Gasteiger partial charge on any atom is 0.189 e. The Labute approximate surface area is 151 Å². The lowest BCUT2D eigenvalue weighted by Crippen LogP contribution is -2.23. The molecule has 2 aromatic carbocycles. The van der Waals surface area contributed by atoms with E-state index in [0.29, 0.717) is 6.67 Å². The normalized spacial score (nSPS) is 11.3. The second-order valence-electron chi connectivity index (χ2n) is 5.57. The van der Waals surface area contributed by atoms with Gasteiger partial charge >= 0.3 is 0 Å². The van der Waals surface area contributed by atoms with Gasteiger partial charge in [-0.2, -0.15) is 0 Å². The molecule has 0 saturated carbocycles. The van der Waals surface area contributed by atoms with Crippen LogP contribution in [-0.4, -0.2) is 16.5 Å². The summed E-state index contributed by atoms with van der Waals surface area (Å²) >= 11 is 7.02. The molecule has 1 aromatic heterocycles. The molecule has 0 spiro atoms. The molecule has 0 N–H and O–H groups in total. The SMILES string of the molecule is CN(Cc1ccc(Br)cc1)Cn1ccc(=O)c2cccc(Br)c21. The monoisotopic (exact) mass is 434 g/mol. The van der Waals surface area contributed by atoms with Crippen molar-refractivity contribution in [3.63, 3.8) is 0 Å². The van der Waals surface area contributed by atoms with Crippen LogP contribution in [0.3, 0.4) is 0 Å². The standard InChI is InChI=1S/C18H16Br2N2O/c1-21(11-13-5-7-14(19)8-6-13)12-22-10-9-17(23)15-3-2-4-16(20)18(15)22/h2-10H,11-12H2,1H3. The quantitative estimate of drug-likeness (QED) is 0.597. The lowest BCUT2D eigenvalue weighted by molar-refractivity contribution is 0.264. The summed E-state index contributed by atoms with van der Waals surface area (Å²) in [6, 6.07) is 15.7. The highest BCUT2D eigenvalue weighted by Gasteiger charge is 2.08. The van der Waals surface area contributed by atoms with E-state index >= 15 is 0 Å². The fourth-order valence-corrected chi connectivity index (χ4v) is 3.52. The first-order valence-corrected chi connectivity index (χ1v) is 8.84. The minimum Gasteiger partial charge on any atom is -0.333 e. The number of hydrogen-bond acceptors (Lipinski definition) is 2. The largest absolute Gasteiger partial charge is 0.333 e. The average Bonchev–Trinajstić information content (AvgIpc) is 2.53. The number of hydrogen-bond donors (Lipinski definition) is 0. The zero-order valence-electron chi connectivity index (χ0n) is 12.7. The lowest BCUT2D eigenvalue weighted by Gasteiger charge is -2.21. The Balaban J connectivity index is 1.88. The van der Waals surface area contributed by atoms with Gasteiger partial charge < -0.3 is 4.57 Å². The number of fused-ring (bicyclic) bond motifs is 1. The van der Waals surface area contributed by atoms with Crippen molar-refractivity contribution in [3.8, 4) is 0 Å². The van der Waals surface area contributed by atoms with E-state index < -0.39 is 0 Å². The molecule has 0 bridgehead atoms. The van der Waals surface area contributed by atoms with Crippen LogP contribution in [0.1, 0.15) is 5.56 Å². The molecule has 23 heavy (non-hydrogen) atoms. The topological polar surface area (TPSA) is 25.2 Å². The first-order valence-electron chi connectivity index (χ1n) is 7.25. The van der Waals surface area contributed by atoms with Crippen LogP contribution in [0.25, 0.3) is 10.9 Å². The predicted molar refractivity (Wildman–Crippen MR) is 102 cm³/mol. The number of halogens is 2. The Morgan fingerprint density at radius 3 is 2.52 bits per heavy atom. The molecule has 0 aliphatic rings. The summed E-state index contributed by atoms with van der Waals surface area (Å²) in [7, 11) is 2.07. The van der Waals surface area contributed by atoms with Gasteiger partial charge in [-0.1, -0.05) is 34.1 Å². The third kappa shape index (κ3) is 3.74. The molecule has 5 heteroatoms. The Hall–Kier alpha value is -1.43. The van der Waals surface area contributed by atoms with Crippen molar-refractivity contribution in [3.05, 3.63) is 79.5 Å². The van der Waals surface area contributed by atoms with Crippen LogP contribution in [0.4, 0.5) is 0 Å². The molecule has 0 aliphatic carbocycles. The molecule has 118 valence electrons. The van der Waals surface area contributed by atoms with E-state index in [1.54, 1.807) is 6.07 Å². The Morgan fingerprint density at radius 2 is 1.78 bits per heavy atom. The summed E-state index contributed by atoms with van der Waals surface area (Å²) in [5.74, 6) is 0. The zero-order valence-corrected chi connectivity index (χ0v) is 15.8. The molecule has 3 aromatic rings. The van der Waals surface area contributed by atoms with Crippen LogP contribution < -0.4 is 5.43 Å². The Kier molecular flexibility index (Phi) is 4.99. The minimum absolute atomic E-state index is 0.0492. The Morgan fingerprint density at radius 1 is 1.04 bits per heavy atom. The Bertz CT molecular complexity index is 888. The van der Waals surface area contributed by atoms with Gasteiger partial charge in [0, 0.05) is 33.1 Å². The van der Waals surface area contributed by atoms with Gasteiger partial charge in [-0.05, 0) is 52.8 Å². The van der Waals surface area contributed by atoms with E-state index in [0.717, 1.165) is 26.4 Å². The molecule has 3 nitrogen and oxygen atoms in total. The van der Waals surface area contributed by atoms with E-state index in [1.165, 1.54) is 5.56 Å². The van der Waals surface area contributed by atoms with E-state index in [9.17, 15) is 4.79 Å². The highest BCUT2D eigenvalue weighted by molar-refractivity contribution is 9.11. The second kappa shape index (κ2) is 6.99. The molecule has 0 saturated heterocycles. The molecule has 0 amide bonds. The van der Waals surface area contributed by atoms with Crippen LogP contribution in [0.2, 0.25) is 0 Å². The smallest absolute Gasteiger partial charge is 0.189 e. The number of pyridine rings is 1. The summed E-state index contributed by atoms with van der Waals surface area (Å²) in [4.78, 5) is 14.3. The third-order valence-electron chi connectivity index (χ3n) is 3.70. The fourth-order valence-electron chi connectivity index (χ4n) is 2.66. The molecule has 1 heterocycles. The summed E-state index contributed by atoms with van der Waals surface area (Å²) in [6.07, 6.45) is 1.85. The number of aromatic nitrogens is 1. The van der Waals surface area contributed by atoms with Crippen molar-refractivity contribution in [2.45, 2.75) is 13.2 Å². The zero-order chi connectivity index (χ0) is 16.4. The first-order chi connectivity index (χ1) is 11.0. The number of nitrogens with zero attached hydrogens (tertiary/aromatic N) is 2. The lowest BCUT2D eigenvalue weighted by atomic mass is 10.2. The minimum atomic E-state index is 0.0492. The van der Waals surface area contributed by atoms with Crippen LogP contribution in [0.15, 0.2) is 68.5 Å². The van der Waals surface area contributed by atoms with Gasteiger partial charge in [-0.3, -0.25) is 9.69 Å². The van der Waals surface area contributed by atoms with E-state index in [2.05, 4.69) is 72.6 Å². The summed E-state index contributed by atoms with van der Waals surface area (Å²) in [5.41, 5.74) is 2.23. The maximum absolute atomic E-state index is 12.0. The van der Waals surface area contributed by atoms with Crippen molar-refractivity contribution < 1.29 is 0 Å². The van der Waals surface area contributed by atoms with Crippen molar-refractivity contribution in [1.82, 2.24) is 9.47 Å². The van der Waals surface area contributed by atoms with E-state index in [-0.39, 0.29) is 5.43 Å². The van der Waals surface area contributed by atoms with E-state index in [4.69, 9.17) is 0 Å². The predicted octanol–water partition coefficient (Wildman–Crippen LogP) is 4.62. The van der Waals surface area contributed by atoms with Crippen molar-refractivity contribution >= 4 is 42.8 Å². The highest BCUT2D eigenvalue weighted by Crippen LogP contribution is 2.22. The van der Waals surface area contributed by atoms with Crippen LogP contribution in [0, 0.1) is 0 Å². The number of benzene rings is 2. The van der Waals surface area contributed by atoms with Crippen molar-refractivity contribution in [2.75, 3.05) is 7.05 Å². The summed E-state index contributed by atoms with van der Waals surface area (Å²) in [5, 5.41) is 0.735. The van der Waals surface area contributed by atoms with Crippen molar-refractivity contribution in [2.24, 2.45) is 0 Å². The first kappa shape index (κ1) is 16.4. The summed E-state index contributed by atoms with van der Waals surface area (Å²) < 4.78 is 4.11. The molecule has 3 rings (SSSR count). The molecular weight excluding hydrogens is 420 g/mol. The maximum atomic E-state index is 12.0. The molecule has 0 radical (unpaired) electrons. The van der Waals surface area contributed by atoms with Crippen molar-refractivity contribution in [1.29, 1.82) is 0 Å². The van der Waals surface area contributed by atoms with E-state index in [1.807, 2.05) is 24.4 Å². The van der Waals surface area contributed by atoms with Gasteiger partial charge in [0.05, 0.1) is 12.2 Å². The van der Waals surface area contributed by atoms with Gasteiger partial charge in [0.25, 0.3) is 0 Å². The number of para-hydroxylation sites is 1. The second-order valence-corrected chi connectivity index (χ2v) is 7.34. The van der Waals surface area contributed by atoms with Gasteiger partial charge in [0.15, 0.2) is 5.43 Å². The fraction of sp³-hybridized carbons (Fsp3) is 0.167. The molecule has 0 unspecified atom stereocenters. The highest BCUT2D eigenvalue weighted by atomic mass is 79.9. The van der Waals surface area contributed by atoms with Gasteiger partial charge in [0.1, 0.15) is 0 Å². The van der Waals surface area contributed by atoms with Crippen LogP contribution in [-0.2, 0) is 13.2 Å². The molecular formula is C18H16Br2N2O. The van der Waals surface area contributed by atoms with Crippen LogP contribution >= 0.6 is 31.9 Å². The van der Waals surface area contributed by atoms with Gasteiger partial charge in [-0.15, -0.1) is 0 Å². The third-order valence-corrected chi connectivity index (χ3v) is 4.87. The average molecular weight is 436 g/mol. The molecule has 0 fully saturated rings. The van der Waals surface area contributed by atoms with Crippen LogP contribution in [0.5, 0.6) is 0 Å². The number of rotatable bonds is 4. The van der Waals surface area contributed by atoms with Gasteiger partial charge in [0.2, 0.25) is 0 Å². The molecule has 0 atom stereocenters. The van der Waals surface area contributed by atoms with Gasteiger partial charge in [-0.25, -0.2) is 0 Å². The summed E-state index contributed by atoms with van der Waals surface area (Å²) in [6.45, 7) is 1.54. The molecule has 0 aliphatic heterocycles.